The number of piperazine rings is 1. The number of aryl methyl sites for hydroxylation is 4. The number of aromatic nitrogens is 2. The van der Waals surface area contributed by atoms with Crippen LogP contribution in [0.4, 0.5) is 5.82 Å². The summed E-state index contributed by atoms with van der Waals surface area (Å²) in [6, 6.07) is 10.0. The second-order valence-electron chi connectivity index (χ2n) is 10.8. The van der Waals surface area contributed by atoms with E-state index in [1.165, 1.54) is 9.87 Å². The lowest BCUT2D eigenvalue weighted by molar-refractivity contribution is -0.137. The van der Waals surface area contributed by atoms with Crippen molar-refractivity contribution >= 4 is 33.9 Å². The predicted molar refractivity (Wildman–Crippen MR) is 155 cm³/mol. The summed E-state index contributed by atoms with van der Waals surface area (Å²) in [6.07, 6.45) is 6.35. The molecule has 0 spiro atoms. The van der Waals surface area contributed by atoms with Crippen molar-refractivity contribution in [3.8, 4) is 0 Å². The third-order valence-electron chi connectivity index (χ3n) is 7.94. The number of anilines is 1. The van der Waals surface area contributed by atoms with Gasteiger partial charge in [-0.2, -0.15) is 4.31 Å². The van der Waals surface area contributed by atoms with Crippen molar-refractivity contribution in [3.63, 3.8) is 0 Å². The van der Waals surface area contributed by atoms with Crippen LogP contribution in [0.2, 0.25) is 0 Å². The molecule has 0 N–H and O–H groups in total. The number of sulfonamides is 1. The van der Waals surface area contributed by atoms with Gasteiger partial charge >= 0.3 is 0 Å². The van der Waals surface area contributed by atoms with Gasteiger partial charge in [0.2, 0.25) is 15.9 Å². The van der Waals surface area contributed by atoms with Gasteiger partial charge in [0, 0.05) is 51.4 Å². The zero-order valence-corrected chi connectivity index (χ0v) is 24.4. The van der Waals surface area contributed by atoms with Crippen LogP contribution < -0.4 is 4.90 Å². The summed E-state index contributed by atoms with van der Waals surface area (Å²) in [5.41, 5.74) is 4.77. The molecule has 1 amide bonds. The molecule has 0 saturated carbocycles. The largest absolute Gasteiger partial charge is 0.355 e. The quantitative estimate of drug-likeness (QED) is 0.443. The molecule has 0 radical (unpaired) electrons. The van der Waals surface area contributed by atoms with E-state index in [0.29, 0.717) is 31.6 Å². The fraction of sp³-hybridized carbons (Fsp3) is 0.433. The van der Waals surface area contributed by atoms with Crippen LogP contribution in [0.3, 0.4) is 0 Å². The Bertz CT molecular complexity index is 1480. The smallest absolute Gasteiger partial charge is 0.248 e. The molecule has 10 heteroatoms. The van der Waals surface area contributed by atoms with Crippen LogP contribution in [-0.4, -0.2) is 72.9 Å². The molecular formula is C30H37N5O4S. The van der Waals surface area contributed by atoms with E-state index in [4.69, 9.17) is 4.52 Å². The normalized spacial score (nSPS) is 17.6. The monoisotopic (exact) mass is 563 g/mol. The molecule has 2 aliphatic heterocycles. The Balaban J connectivity index is 1.23. The van der Waals surface area contributed by atoms with Crippen molar-refractivity contribution in [1.82, 2.24) is 19.3 Å². The Morgan fingerprint density at radius 2 is 1.62 bits per heavy atom. The number of rotatable bonds is 6. The molecule has 3 aromatic rings. The van der Waals surface area contributed by atoms with E-state index in [0.717, 1.165) is 35.6 Å². The molecule has 0 atom stereocenters. The summed E-state index contributed by atoms with van der Waals surface area (Å²) < 4.78 is 34.4. The Morgan fingerprint density at radius 1 is 0.950 bits per heavy atom. The zero-order valence-electron chi connectivity index (χ0n) is 23.6. The van der Waals surface area contributed by atoms with E-state index in [-0.39, 0.29) is 35.6 Å². The minimum Gasteiger partial charge on any atom is -0.355 e. The standard InChI is InChI=1S/C30H37N5O4S/c1-21-19-22(2)26(23(3)20-21)8-9-27-29(24(4)32-39-27)40(37,38)35-13-10-25(11-14-35)30(36)34-17-15-33(16-18-34)28-7-5-6-12-31-28/h5-9,12,19-20,25H,10-11,13-18H2,1-4H3. The zero-order chi connectivity index (χ0) is 28.4. The molecule has 2 fully saturated rings. The molecule has 0 aliphatic carbocycles. The number of carbonyl (C=O) groups excluding carboxylic acids is 1. The topological polar surface area (TPSA) is 99.8 Å². The van der Waals surface area contributed by atoms with E-state index in [1.54, 1.807) is 19.2 Å². The number of benzene rings is 1. The highest BCUT2D eigenvalue weighted by Gasteiger charge is 2.37. The Kier molecular flexibility index (Phi) is 8.09. The average Bonchev–Trinajstić information content (AvgIpc) is 3.33. The van der Waals surface area contributed by atoms with Gasteiger partial charge in [0.15, 0.2) is 10.7 Å². The highest BCUT2D eigenvalue weighted by atomic mass is 32.2. The van der Waals surface area contributed by atoms with Crippen molar-refractivity contribution in [1.29, 1.82) is 0 Å². The molecule has 0 bridgehead atoms. The number of hydrogen-bond donors (Lipinski definition) is 0. The highest BCUT2D eigenvalue weighted by Crippen LogP contribution is 2.30. The van der Waals surface area contributed by atoms with Crippen LogP contribution in [0.5, 0.6) is 0 Å². The van der Waals surface area contributed by atoms with E-state index >= 15 is 0 Å². The fourth-order valence-electron chi connectivity index (χ4n) is 5.84. The van der Waals surface area contributed by atoms with Crippen LogP contribution in [0, 0.1) is 33.6 Å². The molecule has 9 nitrogen and oxygen atoms in total. The lowest BCUT2D eigenvalue weighted by Gasteiger charge is -2.38. The highest BCUT2D eigenvalue weighted by molar-refractivity contribution is 7.89. The van der Waals surface area contributed by atoms with E-state index in [2.05, 4.69) is 34.1 Å². The van der Waals surface area contributed by atoms with Crippen LogP contribution in [0.1, 0.15) is 46.5 Å². The molecule has 5 rings (SSSR count). The van der Waals surface area contributed by atoms with Crippen molar-refractivity contribution in [2.24, 2.45) is 5.92 Å². The molecule has 2 aliphatic rings. The maximum atomic E-state index is 13.7. The van der Waals surface area contributed by atoms with Crippen LogP contribution in [0.25, 0.3) is 12.2 Å². The number of pyridine rings is 1. The molecule has 40 heavy (non-hydrogen) atoms. The van der Waals surface area contributed by atoms with Gasteiger partial charge in [0.1, 0.15) is 11.5 Å². The minimum absolute atomic E-state index is 0.0987. The van der Waals surface area contributed by atoms with Gasteiger partial charge in [-0.15, -0.1) is 0 Å². The Morgan fingerprint density at radius 3 is 2.25 bits per heavy atom. The Hall–Kier alpha value is -3.50. The first-order valence-corrected chi connectivity index (χ1v) is 15.3. The number of nitrogens with zero attached hydrogens (tertiary/aromatic N) is 5. The SMILES string of the molecule is Cc1cc(C)c(C=Cc2onc(C)c2S(=O)(=O)N2CCC(C(=O)N3CCN(c4ccccn4)CC3)CC2)c(C)c1. The number of hydrogen-bond acceptors (Lipinski definition) is 7. The molecule has 0 unspecified atom stereocenters. The number of carbonyl (C=O) groups is 1. The van der Waals surface area contributed by atoms with Crippen LogP contribution in [0.15, 0.2) is 45.9 Å². The van der Waals surface area contributed by atoms with Crippen molar-refractivity contribution in [2.45, 2.75) is 45.4 Å². The number of amides is 1. The van der Waals surface area contributed by atoms with Crippen molar-refractivity contribution in [2.75, 3.05) is 44.2 Å². The van der Waals surface area contributed by atoms with E-state index in [1.807, 2.05) is 43.0 Å². The molecule has 2 aromatic heterocycles. The lowest BCUT2D eigenvalue weighted by Crippen LogP contribution is -2.52. The average molecular weight is 564 g/mol. The summed E-state index contributed by atoms with van der Waals surface area (Å²) in [6.45, 7) is 11.1. The van der Waals surface area contributed by atoms with Crippen LogP contribution in [-0.2, 0) is 14.8 Å². The van der Waals surface area contributed by atoms with Gasteiger partial charge in [0.05, 0.1) is 0 Å². The van der Waals surface area contributed by atoms with Gasteiger partial charge in [-0.1, -0.05) is 35.0 Å². The van der Waals surface area contributed by atoms with Gasteiger partial charge in [-0.3, -0.25) is 4.79 Å². The van der Waals surface area contributed by atoms with E-state index in [9.17, 15) is 13.2 Å². The molecule has 4 heterocycles. The van der Waals surface area contributed by atoms with Gasteiger partial charge < -0.3 is 14.3 Å². The molecular weight excluding hydrogens is 526 g/mol. The molecule has 1 aromatic carbocycles. The third-order valence-corrected chi connectivity index (χ3v) is 10.00. The lowest BCUT2D eigenvalue weighted by atomic mass is 9.96. The second-order valence-corrected chi connectivity index (χ2v) is 12.7. The summed E-state index contributed by atoms with van der Waals surface area (Å²) >= 11 is 0. The summed E-state index contributed by atoms with van der Waals surface area (Å²) in [5, 5.41) is 3.98. The van der Waals surface area contributed by atoms with Crippen molar-refractivity contribution < 1.29 is 17.7 Å². The van der Waals surface area contributed by atoms with Crippen molar-refractivity contribution in [3.05, 3.63) is 70.2 Å². The van der Waals surface area contributed by atoms with Crippen LogP contribution >= 0.6 is 0 Å². The predicted octanol–water partition coefficient (Wildman–Crippen LogP) is 4.22. The molecule has 2 saturated heterocycles. The third kappa shape index (κ3) is 5.69. The first kappa shape index (κ1) is 28.0. The molecule has 212 valence electrons. The fourth-order valence-corrected chi connectivity index (χ4v) is 7.56. The van der Waals surface area contributed by atoms with Gasteiger partial charge in [-0.25, -0.2) is 13.4 Å². The summed E-state index contributed by atoms with van der Waals surface area (Å²) in [4.78, 5) is 21.9. The van der Waals surface area contributed by atoms with E-state index < -0.39 is 10.0 Å². The second kappa shape index (κ2) is 11.5. The maximum Gasteiger partial charge on any atom is 0.248 e. The van der Waals surface area contributed by atoms with Gasteiger partial charge in [0.25, 0.3) is 0 Å². The maximum absolute atomic E-state index is 13.7. The summed E-state index contributed by atoms with van der Waals surface area (Å²) in [7, 11) is -3.84. The minimum atomic E-state index is -3.84. The first-order chi connectivity index (χ1) is 19.1. The first-order valence-electron chi connectivity index (χ1n) is 13.8. The Labute approximate surface area is 236 Å². The summed E-state index contributed by atoms with van der Waals surface area (Å²) in [5.74, 6) is 1.09. The number of piperidine rings is 1. The van der Waals surface area contributed by atoms with Gasteiger partial charge in [-0.05, 0) is 75.4 Å².